The molecule has 2 rings (SSSR count). The molecule has 4 nitrogen and oxygen atoms in total. The van der Waals surface area contributed by atoms with Crippen LogP contribution in [-0.4, -0.2) is 12.0 Å². The van der Waals surface area contributed by atoms with E-state index in [1.54, 1.807) is 0 Å². The number of nitrogens with one attached hydrogen (secondary N) is 2. The predicted octanol–water partition coefficient (Wildman–Crippen LogP) is 1.84. The van der Waals surface area contributed by atoms with Crippen molar-refractivity contribution in [2.45, 2.75) is 18.9 Å². The zero-order valence-corrected chi connectivity index (χ0v) is 9.79. The van der Waals surface area contributed by atoms with Crippen LogP contribution in [-0.2, 0) is 0 Å². The van der Waals surface area contributed by atoms with Crippen LogP contribution in [0.1, 0.15) is 12.8 Å². The molecule has 15 heavy (non-hydrogen) atoms. The molecule has 1 fully saturated rings. The fourth-order valence-electron chi connectivity index (χ4n) is 1.19. The molecule has 80 valence electrons. The average Bonchev–Trinajstić information content (AvgIpc) is 3.01. The highest BCUT2D eigenvalue weighted by atomic mass is 79.9. The van der Waals surface area contributed by atoms with E-state index in [9.17, 15) is 0 Å². The van der Waals surface area contributed by atoms with Gasteiger partial charge in [-0.3, -0.25) is 5.43 Å². The summed E-state index contributed by atoms with van der Waals surface area (Å²) in [6, 6.07) is 8.30. The van der Waals surface area contributed by atoms with Crippen molar-refractivity contribution >= 4 is 27.6 Å². The summed E-state index contributed by atoms with van der Waals surface area (Å²) < 4.78 is 1.02. The first-order chi connectivity index (χ1) is 7.28. The van der Waals surface area contributed by atoms with E-state index in [1.807, 2.05) is 24.3 Å². The van der Waals surface area contributed by atoms with Gasteiger partial charge < -0.3 is 5.32 Å². The zero-order valence-electron chi connectivity index (χ0n) is 8.20. The van der Waals surface area contributed by atoms with E-state index >= 15 is 0 Å². The lowest BCUT2D eigenvalue weighted by atomic mass is 10.3. The monoisotopic (exact) mass is 268 g/mol. The third kappa shape index (κ3) is 3.21. The molecule has 0 bridgehead atoms. The molecule has 0 aliphatic heterocycles. The summed E-state index contributed by atoms with van der Waals surface area (Å²) in [5.74, 6) is 6.00. The van der Waals surface area contributed by atoms with E-state index in [4.69, 9.17) is 5.84 Å². The van der Waals surface area contributed by atoms with E-state index in [1.165, 1.54) is 0 Å². The largest absolute Gasteiger partial charge is 0.325 e. The standard InChI is InChI=1S/C10H13BrN4/c11-7-2-1-3-9(6-7)14-10(15-12)13-8-4-5-8/h1-3,6,8H,4-5,12H2,(H2,13,14,15). The predicted molar refractivity (Wildman–Crippen MR) is 65.5 cm³/mol. The second kappa shape index (κ2) is 4.63. The number of guanidine groups is 1. The van der Waals surface area contributed by atoms with Crippen LogP contribution in [0.5, 0.6) is 0 Å². The Labute approximate surface area is 97.1 Å². The Balaban J connectivity index is 2.05. The smallest absolute Gasteiger partial charge is 0.210 e. The van der Waals surface area contributed by atoms with Crippen LogP contribution >= 0.6 is 15.9 Å². The van der Waals surface area contributed by atoms with E-state index in [2.05, 4.69) is 31.7 Å². The first-order valence-corrected chi connectivity index (χ1v) is 5.64. The topological polar surface area (TPSA) is 62.4 Å². The van der Waals surface area contributed by atoms with Crippen LogP contribution in [0.3, 0.4) is 0 Å². The van der Waals surface area contributed by atoms with Crippen molar-refractivity contribution in [3.63, 3.8) is 0 Å². The average molecular weight is 269 g/mol. The Morgan fingerprint density at radius 2 is 2.27 bits per heavy atom. The Kier molecular flexibility index (Phi) is 3.23. The van der Waals surface area contributed by atoms with Gasteiger partial charge in [-0.2, -0.15) is 0 Å². The molecule has 0 saturated heterocycles. The molecule has 0 spiro atoms. The number of halogens is 1. The molecule has 0 radical (unpaired) electrons. The Hall–Kier alpha value is -1.07. The van der Waals surface area contributed by atoms with Crippen LogP contribution in [0, 0.1) is 0 Å². The summed E-state index contributed by atoms with van der Waals surface area (Å²) in [7, 11) is 0. The molecular weight excluding hydrogens is 256 g/mol. The second-order valence-corrected chi connectivity index (χ2v) is 4.40. The summed E-state index contributed by atoms with van der Waals surface area (Å²) in [6.07, 6.45) is 2.32. The Bertz CT molecular complexity index is 373. The molecule has 1 aliphatic carbocycles. The highest BCUT2D eigenvalue weighted by molar-refractivity contribution is 9.10. The third-order valence-electron chi connectivity index (χ3n) is 2.08. The van der Waals surface area contributed by atoms with Gasteiger partial charge in [-0.1, -0.05) is 22.0 Å². The first kappa shape index (κ1) is 10.4. The van der Waals surface area contributed by atoms with Gasteiger partial charge in [0.25, 0.3) is 0 Å². The van der Waals surface area contributed by atoms with E-state index in [-0.39, 0.29) is 0 Å². The van der Waals surface area contributed by atoms with Crippen LogP contribution in [0.2, 0.25) is 0 Å². The number of nitrogens with zero attached hydrogens (tertiary/aromatic N) is 1. The van der Waals surface area contributed by atoms with Gasteiger partial charge in [-0.25, -0.2) is 10.8 Å². The van der Waals surface area contributed by atoms with Gasteiger partial charge >= 0.3 is 0 Å². The minimum Gasteiger partial charge on any atom is -0.325 e. The van der Waals surface area contributed by atoms with Crippen LogP contribution in [0.4, 0.5) is 5.69 Å². The van der Waals surface area contributed by atoms with Crippen molar-refractivity contribution in [3.8, 4) is 0 Å². The normalized spacial score (nSPS) is 16.3. The molecule has 1 aromatic carbocycles. The second-order valence-electron chi connectivity index (χ2n) is 3.49. The molecule has 0 amide bonds. The maximum absolute atomic E-state index is 5.38. The molecule has 1 aliphatic rings. The van der Waals surface area contributed by atoms with Gasteiger partial charge in [-0.05, 0) is 31.0 Å². The SMILES string of the molecule is NNC(=NC1CC1)Nc1cccc(Br)c1. The number of hydrogen-bond donors (Lipinski definition) is 3. The van der Waals surface area contributed by atoms with Crippen molar-refractivity contribution in [2.24, 2.45) is 10.8 Å². The minimum atomic E-state index is 0.440. The lowest BCUT2D eigenvalue weighted by Gasteiger charge is -2.08. The quantitative estimate of drug-likeness (QED) is 0.332. The number of hydrogen-bond acceptors (Lipinski definition) is 2. The highest BCUT2D eigenvalue weighted by Crippen LogP contribution is 2.23. The lowest BCUT2D eigenvalue weighted by Crippen LogP contribution is -2.36. The van der Waals surface area contributed by atoms with Crippen molar-refractivity contribution in [3.05, 3.63) is 28.7 Å². The molecule has 1 saturated carbocycles. The van der Waals surface area contributed by atoms with Crippen molar-refractivity contribution in [2.75, 3.05) is 5.32 Å². The fourth-order valence-corrected chi connectivity index (χ4v) is 1.59. The maximum atomic E-state index is 5.38. The molecule has 0 heterocycles. The van der Waals surface area contributed by atoms with Gasteiger partial charge in [0.2, 0.25) is 5.96 Å². The maximum Gasteiger partial charge on any atom is 0.210 e. The van der Waals surface area contributed by atoms with Crippen LogP contribution in [0.25, 0.3) is 0 Å². The van der Waals surface area contributed by atoms with E-state index < -0.39 is 0 Å². The van der Waals surface area contributed by atoms with Gasteiger partial charge in [0.1, 0.15) is 0 Å². The van der Waals surface area contributed by atoms with Crippen molar-refractivity contribution < 1.29 is 0 Å². The van der Waals surface area contributed by atoms with Gasteiger partial charge in [0.15, 0.2) is 0 Å². The first-order valence-electron chi connectivity index (χ1n) is 4.85. The summed E-state index contributed by atoms with van der Waals surface area (Å²) in [4.78, 5) is 4.39. The fraction of sp³-hybridized carbons (Fsp3) is 0.300. The molecule has 0 unspecified atom stereocenters. The third-order valence-corrected chi connectivity index (χ3v) is 2.58. The zero-order chi connectivity index (χ0) is 10.7. The number of nitrogens with two attached hydrogens (primary N) is 1. The molecule has 5 heteroatoms. The molecule has 1 aromatic rings. The van der Waals surface area contributed by atoms with Gasteiger partial charge in [-0.15, -0.1) is 0 Å². The van der Waals surface area contributed by atoms with Crippen LogP contribution in [0.15, 0.2) is 33.7 Å². The number of aliphatic imine (C=N–C) groups is 1. The Morgan fingerprint density at radius 1 is 1.47 bits per heavy atom. The van der Waals surface area contributed by atoms with Crippen LogP contribution < -0.4 is 16.6 Å². The lowest BCUT2D eigenvalue weighted by molar-refractivity contribution is 0.966. The summed E-state index contributed by atoms with van der Waals surface area (Å²) >= 11 is 3.41. The van der Waals surface area contributed by atoms with Crippen molar-refractivity contribution in [1.82, 2.24) is 5.43 Å². The highest BCUT2D eigenvalue weighted by Gasteiger charge is 2.20. The Morgan fingerprint density at radius 3 is 2.87 bits per heavy atom. The van der Waals surface area contributed by atoms with Gasteiger partial charge in [0, 0.05) is 10.2 Å². The molecule has 0 aromatic heterocycles. The summed E-state index contributed by atoms with van der Waals surface area (Å²) in [6.45, 7) is 0. The van der Waals surface area contributed by atoms with E-state index in [0.29, 0.717) is 12.0 Å². The van der Waals surface area contributed by atoms with Gasteiger partial charge in [0.05, 0.1) is 6.04 Å². The summed E-state index contributed by atoms with van der Waals surface area (Å²) in [5.41, 5.74) is 3.52. The number of hydrazine groups is 1. The number of benzene rings is 1. The number of anilines is 1. The van der Waals surface area contributed by atoms with Crippen molar-refractivity contribution in [1.29, 1.82) is 0 Å². The molecule has 4 N–H and O–H groups in total. The summed E-state index contributed by atoms with van der Waals surface area (Å²) in [5, 5.41) is 3.12. The molecule has 0 atom stereocenters. The number of rotatable bonds is 2. The van der Waals surface area contributed by atoms with E-state index in [0.717, 1.165) is 23.0 Å². The molecular formula is C10H13BrN4. The minimum absolute atomic E-state index is 0.440.